The second-order valence-corrected chi connectivity index (χ2v) is 16.5. The average Bonchev–Trinajstić information content (AvgIpc) is 3.54. The van der Waals surface area contributed by atoms with E-state index in [0.29, 0.717) is 41.7 Å². The summed E-state index contributed by atoms with van der Waals surface area (Å²) in [6, 6.07) is 16.5. The lowest BCUT2D eigenvalue weighted by Crippen LogP contribution is -2.44. The SMILES string of the molecule is CC[C@@]1(O)C(=O)OCc2c1cc1n(c2=O)Cc2c-1nc1cc(F)c(C)c3c1c2[C@@H](NC(=O)O[C@@H]1Cc2ccccc2C[C@H]1SSc1ccccn1)CC3. The number of aromatic nitrogens is 3. The third-order valence-electron chi connectivity index (χ3n) is 11.2. The summed E-state index contributed by atoms with van der Waals surface area (Å²) in [7, 11) is 3.21. The van der Waals surface area contributed by atoms with Gasteiger partial charge in [-0.25, -0.2) is 23.9 Å². The molecule has 1 amide bonds. The average molecular weight is 751 g/mol. The molecule has 0 saturated carbocycles. The van der Waals surface area contributed by atoms with Gasteiger partial charge in [0.15, 0.2) is 5.60 Å². The van der Waals surface area contributed by atoms with E-state index in [2.05, 4.69) is 22.4 Å². The fraction of sp³-hybridized carbons (Fsp3) is 0.325. The molecular weight excluding hydrogens is 716 g/mol. The molecule has 13 heteroatoms. The van der Waals surface area contributed by atoms with E-state index in [9.17, 15) is 19.5 Å². The minimum atomic E-state index is -1.98. The molecule has 270 valence electrons. The van der Waals surface area contributed by atoms with Gasteiger partial charge in [-0.1, -0.05) is 48.0 Å². The van der Waals surface area contributed by atoms with Gasteiger partial charge in [0.05, 0.1) is 40.3 Å². The Balaban J connectivity index is 1.08. The van der Waals surface area contributed by atoms with Crippen LogP contribution in [-0.4, -0.2) is 43.1 Å². The monoisotopic (exact) mass is 750 g/mol. The van der Waals surface area contributed by atoms with Gasteiger partial charge in [-0.2, -0.15) is 0 Å². The topological polar surface area (TPSA) is 133 Å². The van der Waals surface area contributed by atoms with Crippen LogP contribution in [0.2, 0.25) is 0 Å². The number of hydrogen-bond donors (Lipinski definition) is 2. The summed E-state index contributed by atoms with van der Waals surface area (Å²) in [5.41, 5.74) is 4.57. The van der Waals surface area contributed by atoms with Gasteiger partial charge in [-0.3, -0.25) is 4.79 Å². The molecule has 0 radical (unpaired) electrons. The summed E-state index contributed by atoms with van der Waals surface area (Å²) >= 11 is 0. The summed E-state index contributed by atoms with van der Waals surface area (Å²) in [4.78, 5) is 50.1. The Hall–Kier alpha value is -4.72. The number of ether oxygens (including phenoxy) is 2. The van der Waals surface area contributed by atoms with Crippen molar-refractivity contribution in [2.24, 2.45) is 0 Å². The van der Waals surface area contributed by atoms with Crippen LogP contribution in [0.25, 0.3) is 22.3 Å². The smallest absolute Gasteiger partial charge is 0.407 e. The highest BCUT2D eigenvalue weighted by Crippen LogP contribution is 2.46. The van der Waals surface area contributed by atoms with Crippen molar-refractivity contribution in [3.63, 3.8) is 0 Å². The van der Waals surface area contributed by atoms with E-state index in [0.717, 1.165) is 39.1 Å². The highest BCUT2D eigenvalue weighted by atomic mass is 33.1. The van der Waals surface area contributed by atoms with Crippen molar-refractivity contribution < 1.29 is 28.6 Å². The Kier molecular flexibility index (Phi) is 8.35. The summed E-state index contributed by atoms with van der Waals surface area (Å²) in [6.45, 7) is 3.31. The van der Waals surface area contributed by atoms with Crippen molar-refractivity contribution in [2.75, 3.05) is 0 Å². The minimum absolute atomic E-state index is 0.0146. The highest BCUT2D eigenvalue weighted by Gasteiger charge is 2.46. The number of carbonyl (C=O) groups is 2. The number of esters is 1. The minimum Gasteiger partial charge on any atom is -0.458 e. The molecule has 0 spiro atoms. The maximum atomic E-state index is 15.4. The number of benzene rings is 2. The van der Waals surface area contributed by atoms with Crippen LogP contribution in [0.5, 0.6) is 0 Å². The summed E-state index contributed by atoms with van der Waals surface area (Å²) in [5, 5.41) is 16.2. The van der Waals surface area contributed by atoms with Gasteiger partial charge in [0.1, 0.15) is 23.6 Å². The molecule has 3 aromatic heterocycles. The third-order valence-corrected chi connectivity index (χ3v) is 14.0. The molecule has 0 bridgehead atoms. The molecule has 0 saturated heterocycles. The predicted molar refractivity (Wildman–Crippen MR) is 199 cm³/mol. The van der Waals surface area contributed by atoms with Gasteiger partial charge < -0.3 is 24.5 Å². The van der Waals surface area contributed by atoms with Crippen molar-refractivity contribution in [2.45, 2.75) is 87.1 Å². The number of fused-ring (bicyclic) bond motifs is 6. The largest absolute Gasteiger partial charge is 0.458 e. The fourth-order valence-electron chi connectivity index (χ4n) is 8.39. The molecule has 0 unspecified atom stereocenters. The van der Waals surface area contributed by atoms with E-state index >= 15 is 4.39 Å². The van der Waals surface area contributed by atoms with Crippen LogP contribution in [0, 0.1) is 12.7 Å². The van der Waals surface area contributed by atoms with E-state index in [-0.39, 0.29) is 41.8 Å². The number of alkyl carbamates (subject to hydrolysis) is 1. The van der Waals surface area contributed by atoms with E-state index < -0.39 is 35.4 Å². The lowest BCUT2D eigenvalue weighted by Gasteiger charge is -2.33. The van der Waals surface area contributed by atoms with Gasteiger partial charge in [0.2, 0.25) is 0 Å². The quantitative estimate of drug-likeness (QED) is 0.142. The van der Waals surface area contributed by atoms with E-state index in [4.69, 9.17) is 14.5 Å². The van der Waals surface area contributed by atoms with Gasteiger partial charge >= 0.3 is 12.1 Å². The second kappa shape index (κ2) is 13.0. The number of halogens is 1. The first kappa shape index (κ1) is 34.1. The first-order valence-corrected chi connectivity index (χ1v) is 20.0. The maximum Gasteiger partial charge on any atom is 0.407 e. The zero-order valence-electron chi connectivity index (χ0n) is 29.0. The molecule has 4 atom stereocenters. The molecule has 2 aromatic carbocycles. The number of nitrogens with one attached hydrogen (secondary N) is 1. The van der Waals surface area contributed by atoms with Crippen LogP contribution < -0.4 is 10.9 Å². The van der Waals surface area contributed by atoms with E-state index in [1.165, 1.54) is 11.6 Å². The first-order valence-electron chi connectivity index (χ1n) is 17.7. The molecule has 5 heterocycles. The number of amides is 1. The number of cyclic esters (lactones) is 1. The van der Waals surface area contributed by atoms with Crippen molar-refractivity contribution >= 4 is 44.6 Å². The lowest BCUT2D eigenvalue weighted by molar-refractivity contribution is -0.172. The van der Waals surface area contributed by atoms with Gasteiger partial charge in [0, 0.05) is 35.2 Å². The zero-order chi connectivity index (χ0) is 36.6. The number of aryl methyl sites for hydroxylation is 1. The molecule has 2 aliphatic carbocycles. The summed E-state index contributed by atoms with van der Waals surface area (Å²) in [5.74, 6) is -1.19. The number of pyridine rings is 3. The summed E-state index contributed by atoms with van der Waals surface area (Å²) < 4.78 is 28.5. The Morgan fingerprint density at radius 2 is 1.91 bits per heavy atom. The lowest BCUT2D eigenvalue weighted by atomic mass is 9.81. The first-order chi connectivity index (χ1) is 25.6. The van der Waals surface area contributed by atoms with Crippen molar-refractivity contribution in [1.29, 1.82) is 0 Å². The van der Waals surface area contributed by atoms with Gasteiger partial charge in [0.25, 0.3) is 5.56 Å². The molecular formula is C40H35FN4O6S2. The number of hydrogen-bond acceptors (Lipinski definition) is 10. The predicted octanol–water partition coefficient (Wildman–Crippen LogP) is 6.61. The van der Waals surface area contributed by atoms with Crippen LogP contribution in [0.4, 0.5) is 9.18 Å². The Morgan fingerprint density at radius 3 is 2.68 bits per heavy atom. The molecule has 9 rings (SSSR count). The highest BCUT2D eigenvalue weighted by molar-refractivity contribution is 8.76. The maximum absolute atomic E-state index is 15.4. The number of carbonyl (C=O) groups excluding carboxylic acids is 2. The number of aliphatic hydroxyl groups is 1. The Labute approximate surface area is 311 Å². The molecule has 10 nitrogen and oxygen atoms in total. The van der Waals surface area contributed by atoms with Crippen LogP contribution in [0.1, 0.15) is 70.3 Å². The van der Waals surface area contributed by atoms with Crippen LogP contribution in [0.15, 0.2) is 70.6 Å². The van der Waals surface area contributed by atoms with Gasteiger partial charge in [-0.15, -0.1) is 0 Å². The molecule has 5 aromatic rings. The molecule has 2 N–H and O–H groups in total. The third kappa shape index (κ3) is 5.54. The Morgan fingerprint density at radius 1 is 1.11 bits per heavy atom. The Bertz CT molecular complexity index is 2420. The van der Waals surface area contributed by atoms with Crippen molar-refractivity contribution in [3.8, 4) is 11.4 Å². The molecule has 2 aliphatic heterocycles. The molecule has 4 aliphatic rings. The van der Waals surface area contributed by atoms with Crippen molar-refractivity contribution in [3.05, 3.63) is 121 Å². The van der Waals surface area contributed by atoms with Crippen LogP contribution >= 0.6 is 21.6 Å². The van der Waals surface area contributed by atoms with Crippen LogP contribution in [-0.2, 0) is 52.3 Å². The standard InChI is InChI=1S/C40H35FN4O6S2/c1-3-40(49)26-16-30-36-24(18-45(30)37(46)25(26)19-50-38(40)47)35-28(12-11-23-20(2)27(41)17-29(43-36)34(23)35)44-39(48)51-31-14-21-8-4-5-9-22(21)15-32(31)52-53-33-10-6-7-13-42-33/h4-10,13,16-17,28,31-32,49H,3,11-12,14-15,18-19H2,1-2H3,(H,44,48)/t28-,31+,32+,40-/m0/s1. The molecule has 53 heavy (non-hydrogen) atoms. The number of nitrogens with zero attached hydrogens (tertiary/aromatic N) is 3. The normalized spacial score (nSPS) is 22.3. The van der Waals surface area contributed by atoms with E-state index in [1.54, 1.807) is 52.3 Å². The zero-order valence-corrected chi connectivity index (χ0v) is 30.6. The van der Waals surface area contributed by atoms with E-state index in [1.807, 2.05) is 30.3 Å². The fourth-order valence-corrected chi connectivity index (χ4v) is 10.9. The molecule has 0 fully saturated rings. The summed E-state index contributed by atoms with van der Waals surface area (Å²) in [6.07, 6.45) is 3.12. The second-order valence-electron chi connectivity index (χ2n) is 14.1. The van der Waals surface area contributed by atoms with Crippen LogP contribution in [0.3, 0.4) is 0 Å². The number of rotatable bonds is 6. The van der Waals surface area contributed by atoms with Gasteiger partial charge in [-0.05, 0) is 89.4 Å². The van der Waals surface area contributed by atoms with Crippen molar-refractivity contribution in [1.82, 2.24) is 19.9 Å².